The number of hydrogen-bond donors (Lipinski definition) is 2. The second-order valence-electron chi connectivity index (χ2n) is 5.98. The molecule has 0 aliphatic heterocycles. The highest BCUT2D eigenvalue weighted by atomic mass is 79.9. The average Bonchev–Trinajstić information content (AvgIpc) is 3.11. The van der Waals surface area contributed by atoms with Gasteiger partial charge in [0.05, 0.1) is 5.69 Å². The van der Waals surface area contributed by atoms with Gasteiger partial charge in [-0.2, -0.15) is 0 Å². The van der Waals surface area contributed by atoms with Crippen molar-refractivity contribution in [1.82, 2.24) is 4.98 Å². The SMILES string of the molecule is Cc1cc(NC(=O)CCc2csc(NC(=O)c3ccccc3)n2)ccc1Br. The van der Waals surface area contributed by atoms with Gasteiger partial charge >= 0.3 is 0 Å². The van der Waals surface area contributed by atoms with Crippen molar-refractivity contribution in [3.05, 3.63) is 75.2 Å². The predicted molar refractivity (Wildman–Crippen MR) is 112 cm³/mol. The van der Waals surface area contributed by atoms with E-state index in [9.17, 15) is 9.59 Å². The fourth-order valence-electron chi connectivity index (χ4n) is 2.43. The minimum Gasteiger partial charge on any atom is -0.326 e. The van der Waals surface area contributed by atoms with Crippen LogP contribution in [0.5, 0.6) is 0 Å². The van der Waals surface area contributed by atoms with Crippen LogP contribution in [-0.2, 0) is 11.2 Å². The van der Waals surface area contributed by atoms with E-state index >= 15 is 0 Å². The lowest BCUT2D eigenvalue weighted by atomic mass is 10.2. The molecule has 0 unspecified atom stereocenters. The highest BCUT2D eigenvalue weighted by Crippen LogP contribution is 2.21. The van der Waals surface area contributed by atoms with Crippen LogP contribution in [0.15, 0.2) is 58.4 Å². The van der Waals surface area contributed by atoms with Gasteiger partial charge in [0.15, 0.2) is 5.13 Å². The molecule has 27 heavy (non-hydrogen) atoms. The number of carbonyl (C=O) groups excluding carboxylic acids is 2. The molecule has 0 bridgehead atoms. The molecular weight excluding hydrogens is 426 g/mol. The third-order valence-electron chi connectivity index (χ3n) is 3.86. The smallest absolute Gasteiger partial charge is 0.257 e. The lowest BCUT2D eigenvalue weighted by molar-refractivity contribution is -0.116. The third kappa shape index (κ3) is 5.48. The number of halogens is 1. The first-order valence-corrected chi connectivity index (χ1v) is 10.1. The molecule has 0 aliphatic carbocycles. The van der Waals surface area contributed by atoms with E-state index in [0.29, 0.717) is 23.5 Å². The highest BCUT2D eigenvalue weighted by molar-refractivity contribution is 9.10. The summed E-state index contributed by atoms with van der Waals surface area (Å²) in [4.78, 5) is 28.6. The van der Waals surface area contributed by atoms with Gasteiger partial charge in [-0.25, -0.2) is 4.98 Å². The van der Waals surface area contributed by atoms with E-state index in [1.54, 1.807) is 12.1 Å². The zero-order valence-electron chi connectivity index (χ0n) is 14.7. The molecule has 0 spiro atoms. The van der Waals surface area contributed by atoms with Crippen molar-refractivity contribution in [1.29, 1.82) is 0 Å². The van der Waals surface area contributed by atoms with E-state index in [2.05, 4.69) is 31.5 Å². The number of hydrogen-bond acceptors (Lipinski definition) is 4. The maximum absolute atomic E-state index is 12.1. The Kier molecular flexibility index (Phi) is 6.36. The normalized spacial score (nSPS) is 10.4. The molecule has 2 N–H and O–H groups in total. The molecule has 7 heteroatoms. The van der Waals surface area contributed by atoms with Gasteiger partial charge in [-0.15, -0.1) is 11.3 Å². The number of aryl methyl sites for hydroxylation is 2. The molecule has 0 aliphatic rings. The minimum atomic E-state index is -0.195. The molecule has 5 nitrogen and oxygen atoms in total. The molecule has 0 radical (unpaired) electrons. The van der Waals surface area contributed by atoms with Crippen LogP contribution in [0.3, 0.4) is 0 Å². The standard InChI is InChI=1S/C20H18BrN3O2S/c1-13-11-15(7-9-17(13)21)22-18(25)10-8-16-12-27-20(23-16)24-19(26)14-5-3-2-4-6-14/h2-7,9,11-12H,8,10H2,1H3,(H,22,25)(H,23,24,26). The summed E-state index contributed by atoms with van der Waals surface area (Å²) in [6.45, 7) is 1.97. The molecule has 1 aromatic heterocycles. The highest BCUT2D eigenvalue weighted by Gasteiger charge is 2.10. The zero-order chi connectivity index (χ0) is 19.2. The van der Waals surface area contributed by atoms with Crippen molar-refractivity contribution in [3.8, 4) is 0 Å². The third-order valence-corrected chi connectivity index (χ3v) is 5.55. The molecule has 1 heterocycles. The lowest BCUT2D eigenvalue weighted by Gasteiger charge is -2.06. The first-order chi connectivity index (χ1) is 13.0. The Labute approximate surface area is 170 Å². The average molecular weight is 444 g/mol. The first-order valence-electron chi connectivity index (χ1n) is 8.38. The van der Waals surface area contributed by atoms with Gasteiger partial charge in [-0.3, -0.25) is 14.9 Å². The number of thiazole rings is 1. The quantitative estimate of drug-likeness (QED) is 0.560. The van der Waals surface area contributed by atoms with Gasteiger partial charge in [0.25, 0.3) is 5.91 Å². The zero-order valence-corrected chi connectivity index (χ0v) is 17.1. The number of rotatable bonds is 6. The van der Waals surface area contributed by atoms with Crippen LogP contribution >= 0.6 is 27.3 Å². The van der Waals surface area contributed by atoms with Gasteiger partial charge in [0.1, 0.15) is 0 Å². The van der Waals surface area contributed by atoms with Crippen molar-refractivity contribution in [3.63, 3.8) is 0 Å². The summed E-state index contributed by atoms with van der Waals surface area (Å²) in [7, 11) is 0. The molecule has 0 saturated carbocycles. The molecular formula is C20H18BrN3O2S. The summed E-state index contributed by atoms with van der Waals surface area (Å²) in [6.07, 6.45) is 0.837. The maximum Gasteiger partial charge on any atom is 0.257 e. The van der Waals surface area contributed by atoms with Gasteiger partial charge < -0.3 is 5.32 Å². The fraction of sp³-hybridized carbons (Fsp3) is 0.150. The minimum absolute atomic E-state index is 0.0698. The van der Waals surface area contributed by atoms with Crippen molar-refractivity contribution in [2.24, 2.45) is 0 Å². The summed E-state index contributed by atoms with van der Waals surface area (Å²) in [5.74, 6) is -0.264. The molecule has 2 amide bonds. The number of carbonyl (C=O) groups is 2. The largest absolute Gasteiger partial charge is 0.326 e. The van der Waals surface area contributed by atoms with Crippen LogP contribution in [0.25, 0.3) is 0 Å². The van der Waals surface area contributed by atoms with Crippen LogP contribution in [0.4, 0.5) is 10.8 Å². The maximum atomic E-state index is 12.1. The number of anilines is 2. The number of nitrogens with one attached hydrogen (secondary N) is 2. The van der Waals surface area contributed by atoms with Crippen LogP contribution in [0, 0.1) is 6.92 Å². The molecule has 138 valence electrons. The van der Waals surface area contributed by atoms with Gasteiger partial charge in [0.2, 0.25) is 5.91 Å². The summed E-state index contributed by atoms with van der Waals surface area (Å²) in [5.41, 5.74) is 3.20. The molecule has 0 fully saturated rings. The van der Waals surface area contributed by atoms with Crippen molar-refractivity contribution in [2.75, 3.05) is 10.6 Å². The summed E-state index contributed by atoms with van der Waals surface area (Å²) < 4.78 is 1.01. The van der Waals surface area contributed by atoms with Crippen molar-refractivity contribution < 1.29 is 9.59 Å². The number of amides is 2. The molecule has 0 saturated heterocycles. The van der Waals surface area contributed by atoms with Crippen molar-refractivity contribution >= 4 is 49.9 Å². The Balaban J connectivity index is 1.51. The Morgan fingerprint density at radius 2 is 1.89 bits per heavy atom. The number of benzene rings is 2. The van der Waals surface area contributed by atoms with Crippen LogP contribution < -0.4 is 10.6 Å². The van der Waals surface area contributed by atoms with Gasteiger partial charge in [0, 0.05) is 27.5 Å². The molecule has 3 aromatic rings. The van der Waals surface area contributed by atoms with E-state index in [4.69, 9.17) is 0 Å². The van der Waals surface area contributed by atoms with Gasteiger partial charge in [-0.05, 0) is 49.2 Å². The lowest BCUT2D eigenvalue weighted by Crippen LogP contribution is -2.13. The van der Waals surface area contributed by atoms with Gasteiger partial charge in [-0.1, -0.05) is 34.1 Å². The van der Waals surface area contributed by atoms with E-state index < -0.39 is 0 Å². The fourth-order valence-corrected chi connectivity index (χ4v) is 3.41. The van der Waals surface area contributed by atoms with Crippen LogP contribution in [-0.4, -0.2) is 16.8 Å². The Morgan fingerprint density at radius 3 is 2.63 bits per heavy atom. The predicted octanol–water partition coefficient (Wildman–Crippen LogP) is 5.04. The topological polar surface area (TPSA) is 71.1 Å². The molecule has 0 atom stereocenters. The van der Waals surface area contributed by atoms with Crippen LogP contribution in [0.2, 0.25) is 0 Å². The number of aromatic nitrogens is 1. The van der Waals surface area contributed by atoms with E-state index in [0.717, 1.165) is 21.4 Å². The molecule has 3 rings (SSSR count). The summed E-state index contributed by atoms with van der Waals surface area (Å²) in [5, 5.41) is 8.06. The Hall–Kier alpha value is -2.51. The van der Waals surface area contributed by atoms with E-state index in [1.807, 2.05) is 48.7 Å². The molecule has 2 aromatic carbocycles. The Bertz CT molecular complexity index is 957. The van der Waals surface area contributed by atoms with Crippen molar-refractivity contribution in [2.45, 2.75) is 19.8 Å². The Morgan fingerprint density at radius 1 is 1.11 bits per heavy atom. The van der Waals surface area contributed by atoms with E-state index in [-0.39, 0.29) is 11.8 Å². The summed E-state index contributed by atoms with van der Waals surface area (Å²) >= 11 is 4.79. The second-order valence-corrected chi connectivity index (χ2v) is 7.69. The monoisotopic (exact) mass is 443 g/mol. The second kappa shape index (κ2) is 8.92. The first kappa shape index (κ1) is 19.3. The van der Waals surface area contributed by atoms with E-state index in [1.165, 1.54) is 11.3 Å². The summed E-state index contributed by atoms with van der Waals surface area (Å²) in [6, 6.07) is 14.7. The van der Waals surface area contributed by atoms with Crippen LogP contribution in [0.1, 0.15) is 28.0 Å². The number of nitrogens with zero attached hydrogens (tertiary/aromatic N) is 1.